The van der Waals surface area contributed by atoms with Crippen LogP contribution in [0.25, 0.3) is 0 Å². The average molecular weight is 300 g/mol. The summed E-state index contributed by atoms with van der Waals surface area (Å²) in [5.41, 5.74) is 0.744. The first-order valence-electron chi connectivity index (χ1n) is 5.96. The lowest BCUT2D eigenvalue weighted by molar-refractivity contribution is 0.416. The molecule has 0 spiro atoms. The SMILES string of the molecule is CCNC(c1cc(OC)cs1)c1cc(F)ccc1Cl. The van der Waals surface area contributed by atoms with E-state index in [1.165, 1.54) is 12.1 Å². The highest BCUT2D eigenvalue weighted by Crippen LogP contribution is 2.34. The molecule has 5 heteroatoms. The third-order valence-corrected chi connectivity index (χ3v) is 4.11. The molecule has 0 bridgehead atoms. The van der Waals surface area contributed by atoms with E-state index in [0.29, 0.717) is 5.02 Å². The lowest BCUT2D eigenvalue weighted by Gasteiger charge is -2.18. The number of methoxy groups -OCH3 is 1. The first-order valence-corrected chi connectivity index (χ1v) is 7.22. The van der Waals surface area contributed by atoms with Crippen LogP contribution in [0.4, 0.5) is 4.39 Å². The highest BCUT2D eigenvalue weighted by Gasteiger charge is 2.19. The molecule has 1 heterocycles. The highest BCUT2D eigenvalue weighted by molar-refractivity contribution is 7.10. The van der Waals surface area contributed by atoms with Gasteiger partial charge in [0.05, 0.1) is 13.2 Å². The molecular weight excluding hydrogens is 285 g/mol. The summed E-state index contributed by atoms with van der Waals surface area (Å²) >= 11 is 7.75. The van der Waals surface area contributed by atoms with E-state index in [1.54, 1.807) is 24.5 Å². The number of hydrogen-bond acceptors (Lipinski definition) is 3. The summed E-state index contributed by atoms with van der Waals surface area (Å²) in [6.07, 6.45) is 0. The predicted molar refractivity (Wildman–Crippen MR) is 77.8 cm³/mol. The molecule has 1 unspecified atom stereocenters. The Kier molecular flexibility index (Phi) is 4.80. The van der Waals surface area contributed by atoms with E-state index in [-0.39, 0.29) is 11.9 Å². The Bertz CT molecular complexity index is 558. The molecule has 19 heavy (non-hydrogen) atoms. The molecule has 1 atom stereocenters. The molecule has 0 aliphatic rings. The van der Waals surface area contributed by atoms with E-state index in [9.17, 15) is 4.39 Å². The first-order chi connectivity index (χ1) is 9.15. The second kappa shape index (κ2) is 6.37. The Morgan fingerprint density at radius 3 is 2.84 bits per heavy atom. The van der Waals surface area contributed by atoms with Crippen molar-refractivity contribution in [2.75, 3.05) is 13.7 Å². The third-order valence-electron chi connectivity index (χ3n) is 2.79. The van der Waals surface area contributed by atoms with E-state index in [4.69, 9.17) is 16.3 Å². The molecule has 0 amide bonds. The van der Waals surface area contributed by atoms with Gasteiger partial charge in [0.2, 0.25) is 0 Å². The Labute approximate surface area is 121 Å². The molecule has 0 saturated carbocycles. The van der Waals surface area contributed by atoms with Crippen molar-refractivity contribution in [3.05, 3.63) is 50.9 Å². The van der Waals surface area contributed by atoms with Gasteiger partial charge < -0.3 is 10.1 Å². The standard InChI is InChI=1S/C14H15ClFNOS/c1-3-17-14(13-7-10(18-2)8-19-13)11-6-9(16)4-5-12(11)15/h4-8,14,17H,3H2,1-2H3. The maximum atomic E-state index is 13.4. The maximum Gasteiger partial charge on any atom is 0.129 e. The average Bonchev–Trinajstić information content (AvgIpc) is 2.88. The van der Waals surface area contributed by atoms with Crippen LogP contribution in [0.2, 0.25) is 5.02 Å². The number of benzene rings is 1. The van der Waals surface area contributed by atoms with Gasteiger partial charge in [-0.2, -0.15) is 0 Å². The molecule has 1 aromatic heterocycles. The van der Waals surface area contributed by atoms with E-state index in [0.717, 1.165) is 22.7 Å². The fourth-order valence-electron chi connectivity index (χ4n) is 1.90. The van der Waals surface area contributed by atoms with Gasteiger partial charge in [-0.1, -0.05) is 18.5 Å². The summed E-state index contributed by atoms with van der Waals surface area (Å²) in [5, 5.41) is 5.80. The van der Waals surface area contributed by atoms with Crippen molar-refractivity contribution < 1.29 is 9.13 Å². The van der Waals surface area contributed by atoms with Gasteiger partial charge in [-0.05, 0) is 36.4 Å². The van der Waals surface area contributed by atoms with Crippen molar-refractivity contribution >= 4 is 22.9 Å². The number of halogens is 2. The summed E-state index contributed by atoms with van der Waals surface area (Å²) in [7, 11) is 1.63. The zero-order valence-electron chi connectivity index (χ0n) is 10.7. The van der Waals surface area contributed by atoms with E-state index in [2.05, 4.69) is 5.32 Å². The molecular formula is C14H15ClFNOS. The van der Waals surface area contributed by atoms with Crippen LogP contribution in [0.3, 0.4) is 0 Å². The second-order valence-corrected chi connectivity index (χ2v) is 5.40. The molecule has 1 aromatic carbocycles. The van der Waals surface area contributed by atoms with Crippen LogP contribution >= 0.6 is 22.9 Å². The molecule has 2 rings (SSSR count). The Balaban J connectivity index is 2.41. The normalized spacial score (nSPS) is 12.4. The lowest BCUT2D eigenvalue weighted by atomic mass is 10.0. The Morgan fingerprint density at radius 2 is 2.21 bits per heavy atom. The smallest absolute Gasteiger partial charge is 0.129 e. The largest absolute Gasteiger partial charge is 0.496 e. The summed E-state index contributed by atoms with van der Waals surface area (Å²) in [6, 6.07) is 6.24. The van der Waals surface area contributed by atoms with Crippen LogP contribution in [0.5, 0.6) is 5.75 Å². The van der Waals surface area contributed by atoms with Crippen molar-refractivity contribution in [3.8, 4) is 5.75 Å². The van der Waals surface area contributed by atoms with Crippen LogP contribution in [0.1, 0.15) is 23.4 Å². The molecule has 102 valence electrons. The molecule has 0 aliphatic carbocycles. The molecule has 0 saturated heterocycles. The van der Waals surface area contributed by atoms with Crippen LogP contribution in [0, 0.1) is 5.82 Å². The van der Waals surface area contributed by atoms with Gasteiger partial charge in [-0.15, -0.1) is 11.3 Å². The van der Waals surface area contributed by atoms with Crippen molar-refractivity contribution in [1.29, 1.82) is 0 Å². The summed E-state index contributed by atoms with van der Waals surface area (Å²) < 4.78 is 18.6. The van der Waals surface area contributed by atoms with Crippen molar-refractivity contribution in [2.45, 2.75) is 13.0 Å². The first kappa shape index (κ1) is 14.3. The minimum absolute atomic E-state index is 0.123. The molecule has 0 fully saturated rings. The fourth-order valence-corrected chi connectivity index (χ4v) is 3.07. The lowest BCUT2D eigenvalue weighted by Crippen LogP contribution is -2.21. The van der Waals surface area contributed by atoms with Crippen LogP contribution in [0.15, 0.2) is 29.6 Å². The Morgan fingerprint density at radius 1 is 1.42 bits per heavy atom. The topological polar surface area (TPSA) is 21.3 Å². The quantitative estimate of drug-likeness (QED) is 0.891. The fraction of sp³-hybridized carbons (Fsp3) is 0.286. The molecule has 2 nitrogen and oxygen atoms in total. The van der Waals surface area contributed by atoms with Gasteiger partial charge >= 0.3 is 0 Å². The summed E-state index contributed by atoms with van der Waals surface area (Å²) in [5.74, 6) is 0.515. The zero-order valence-corrected chi connectivity index (χ0v) is 12.3. The van der Waals surface area contributed by atoms with Gasteiger partial charge in [-0.3, -0.25) is 0 Å². The highest BCUT2D eigenvalue weighted by atomic mass is 35.5. The van der Waals surface area contributed by atoms with Crippen LogP contribution < -0.4 is 10.1 Å². The number of ether oxygens (including phenoxy) is 1. The molecule has 2 aromatic rings. The maximum absolute atomic E-state index is 13.4. The third kappa shape index (κ3) is 3.26. The van der Waals surface area contributed by atoms with Gasteiger partial charge in [0.1, 0.15) is 11.6 Å². The molecule has 0 aliphatic heterocycles. The van der Waals surface area contributed by atoms with E-state index < -0.39 is 0 Å². The van der Waals surface area contributed by atoms with Crippen LogP contribution in [-0.4, -0.2) is 13.7 Å². The minimum atomic E-state index is -0.286. The second-order valence-electron chi connectivity index (χ2n) is 4.05. The number of thiophene rings is 1. The van der Waals surface area contributed by atoms with E-state index in [1.807, 2.05) is 18.4 Å². The predicted octanol–water partition coefficient (Wildman–Crippen LogP) is 4.25. The number of nitrogens with one attached hydrogen (secondary N) is 1. The van der Waals surface area contributed by atoms with Crippen molar-refractivity contribution in [2.24, 2.45) is 0 Å². The summed E-state index contributed by atoms with van der Waals surface area (Å²) in [4.78, 5) is 1.05. The minimum Gasteiger partial charge on any atom is -0.496 e. The Hall–Kier alpha value is -1.10. The molecule has 0 radical (unpaired) electrons. The van der Waals surface area contributed by atoms with Crippen LogP contribution in [-0.2, 0) is 0 Å². The number of hydrogen-bond donors (Lipinski definition) is 1. The monoisotopic (exact) mass is 299 g/mol. The summed E-state index contributed by atoms with van der Waals surface area (Å²) in [6.45, 7) is 2.77. The van der Waals surface area contributed by atoms with Crippen molar-refractivity contribution in [1.82, 2.24) is 5.32 Å². The van der Waals surface area contributed by atoms with Gasteiger partial charge in [-0.25, -0.2) is 4.39 Å². The van der Waals surface area contributed by atoms with Gasteiger partial charge in [0.25, 0.3) is 0 Å². The van der Waals surface area contributed by atoms with Gasteiger partial charge in [0, 0.05) is 15.3 Å². The zero-order chi connectivity index (χ0) is 13.8. The molecule has 1 N–H and O–H groups in total. The van der Waals surface area contributed by atoms with Gasteiger partial charge in [0.15, 0.2) is 0 Å². The van der Waals surface area contributed by atoms with Crippen molar-refractivity contribution in [3.63, 3.8) is 0 Å². The number of rotatable bonds is 5. The van der Waals surface area contributed by atoms with E-state index >= 15 is 0 Å².